The van der Waals surface area contributed by atoms with Gasteiger partial charge in [-0.25, -0.2) is 4.98 Å². The largest absolute Gasteiger partial charge is 0.346 e. The first kappa shape index (κ1) is 13.9. The number of rotatable bonds is 6. The number of imidazole rings is 1. The highest BCUT2D eigenvalue weighted by Gasteiger charge is 2.13. The summed E-state index contributed by atoms with van der Waals surface area (Å²) in [6.07, 6.45) is 1.09. The molecule has 0 aliphatic rings. The molecule has 0 aliphatic heterocycles. The maximum Gasteiger partial charge on any atom is 0.230 e. The Hall–Kier alpha value is -1.49. The van der Waals surface area contributed by atoms with Crippen molar-refractivity contribution in [3.8, 4) is 0 Å². The monoisotopic (exact) mass is 277 g/mol. The molecule has 0 saturated carbocycles. The molecule has 0 fully saturated rings. The first-order chi connectivity index (χ1) is 9.20. The van der Waals surface area contributed by atoms with Gasteiger partial charge in [0.15, 0.2) is 0 Å². The van der Waals surface area contributed by atoms with Gasteiger partial charge >= 0.3 is 0 Å². The van der Waals surface area contributed by atoms with E-state index in [0.29, 0.717) is 5.75 Å². The van der Waals surface area contributed by atoms with Crippen molar-refractivity contribution in [2.24, 2.45) is 0 Å². The molecule has 102 valence electrons. The van der Waals surface area contributed by atoms with Crippen LogP contribution in [0.5, 0.6) is 0 Å². The Bertz CT molecular complexity index is 519. The van der Waals surface area contributed by atoms with Crippen molar-refractivity contribution in [3.05, 3.63) is 30.1 Å². The van der Waals surface area contributed by atoms with E-state index in [-0.39, 0.29) is 11.9 Å². The Balaban J connectivity index is 1.95. The summed E-state index contributed by atoms with van der Waals surface area (Å²) in [4.78, 5) is 19.5. The van der Waals surface area contributed by atoms with Crippen molar-refractivity contribution < 1.29 is 4.79 Å². The molecule has 2 aromatic rings. The molecule has 0 radical (unpaired) electrons. The molecule has 0 bridgehead atoms. The lowest BCUT2D eigenvalue weighted by molar-refractivity contribution is -0.119. The standard InChI is InChI=1S/C14H19N3OS/c1-3-8-19-9-13(18)15-10(2)14-16-11-6-4-5-7-12(11)17-14/h4-7,10H,3,8-9H2,1-2H3,(H,15,18)(H,16,17). The number of H-pyrrole nitrogens is 1. The van der Waals surface area contributed by atoms with Crippen LogP contribution in [-0.4, -0.2) is 27.4 Å². The molecular formula is C14H19N3OS. The van der Waals surface area contributed by atoms with Gasteiger partial charge in [0.1, 0.15) is 5.82 Å². The minimum absolute atomic E-state index is 0.0615. The van der Waals surface area contributed by atoms with Crippen LogP contribution < -0.4 is 5.32 Å². The molecule has 1 heterocycles. The van der Waals surface area contributed by atoms with Crippen molar-refractivity contribution in [1.82, 2.24) is 15.3 Å². The first-order valence-corrected chi connectivity index (χ1v) is 7.68. The molecule has 2 rings (SSSR count). The Labute approximate surface area is 117 Å². The summed E-state index contributed by atoms with van der Waals surface area (Å²) >= 11 is 1.66. The van der Waals surface area contributed by atoms with Crippen molar-refractivity contribution in [2.75, 3.05) is 11.5 Å². The molecule has 1 aromatic heterocycles. The van der Waals surface area contributed by atoms with E-state index in [2.05, 4.69) is 22.2 Å². The number of aromatic amines is 1. The molecule has 0 saturated heterocycles. The third-order valence-electron chi connectivity index (χ3n) is 2.78. The van der Waals surface area contributed by atoms with E-state index in [4.69, 9.17) is 0 Å². The molecule has 0 spiro atoms. The van der Waals surface area contributed by atoms with Crippen LogP contribution in [0.25, 0.3) is 11.0 Å². The highest BCUT2D eigenvalue weighted by atomic mass is 32.2. The third-order valence-corrected chi connectivity index (χ3v) is 3.94. The zero-order valence-electron chi connectivity index (χ0n) is 11.3. The van der Waals surface area contributed by atoms with Gasteiger partial charge in [0.25, 0.3) is 0 Å². The maximum atomic E-state index is 11.7. The number of para-hydroxylation sites is 2. The Morgan fingerprint density at radius 3 is 3.00 bits per heavy atom. The number of amides is 1. The SMILES string of the molecule is CCCSCC(=O)NC(C)c1nc2ccccc2[nH]1. The zero-order valence-corrected chi connectivity index (χ0v) is 12.1. The molecule has 2 N–H and O–H groups in total. The van der Waals surface area contributed by atoms with Gasteiger partial charge in [0.05, 0.1) is 22.8 Å². The molecular weight excluding hydrogens is 258 g/mol. The van der Waals surface area contributed by atoms with E-state index in [1.165, 1.54) is 0 Å². The van der Waals surface area contributed by atoms with E-state index >= 15 is 0 Å². The van der Waals surface area contributed by atoms with Crippen LogP contribution in [0.3, 0.4) is 0 Å². The molecule has 1 aromatic carbocycles. The molecule has 1 unspecified atom stereocenters. The second-order valence-electron chi connectivity index (χ2n) is 4.48. The number of nitrogens with zero attached hydrogens (tertiary/aromatic N) is 1. The van der Waals surface area contributed by atoms with Gasteiger partial charge in [-0.3, -0.25) is 4.79 Å². The molecule has 0 aliphatic carbocycles. The van der Waals surface area contributed by atoms with Gasteiger partial charge in [-0.05, 0) is 31.2 Å². The average molecular weight is 277 g/mol. The summed E-state index contributed by atoms with van der Waals surface area (Å²) in [6.45, 7) is 4.06. The van der Waals surface area contributed by atoms with Gasteiger partial charge < -0.3 is 10.3 Å². The number of hydrogen-bond acceptors (Lipinski definition) is 3. The number of hydrogen-bond donors (Lipinski definition) is 2. The lowest BCUT2D eigenvalue weighted by Crippen LogP contribution is -2.28. The van der Waals surface area contributed by atoms with Crippen molar-refractivity contribution >= 4 is 28.7 Å². The van der Waals surface area contributed by atoms with Crippen LogP contribution >= 0.6 is 11.8 Å². The third kappa shape index (κ3) is 3.73. The summed E-state index contributed by atoms with van der Waals surface area (Å²) in [6, 6.07) is 7.77. The maximum absolute atomic E-state index is 11.7. The van der Waals surface area contributed by atoms with Crippen molar-refractivity contribution in [1.29, 1.82) is 0 Å². The van der Waals surface area contributed by atoms with Crippen LogP contribution in [0, 0.1) is 0 Å². The minimum Gasteiger partial charge on any atom is -0.346 e. The molecule has 1 atom stereocenters. The van der Waals surface area contributed by atoms with E-state index in [0.717, 1.165) is 29.0 Å². The fourth-order valence-corrected chi connectivity index (χ4v) is 2.54. The predicted molar refractivity (Wildman–Crippen MR) is 80.3 cm³/mol. The summed E-state index contributed by atoms with van der Waals surface area (Å²) in [5.41, 5.74) is 1.93. The van der Waals surface area contributed by atoms with Crippen LogP contribution in [0.15, 0.2) is 24.3 Å². The van der Waals surface area contributed by atoms with Gasteiger partial charge in [0, 0.05) is 0 Å². The van der Waals surface area contributed by atoms with E-state index in [9.17, 15) is 4.79 Å². The Morgan fingerprint density at radius 1 is 1.47 bits per heavy atom. The Kier molecular flexibility index (Phi) is 4.85. The van der Waals surface area contributed by atoms with Crippen molar-refractivity contribution in [2.45, 2.75) is 26.3 Å². The molecule has 1 amide bonds. The number of benzene rings is 1. The van der Waals surface area contributed by atoms with Crippen LogP contribution in [0.2, 0.25) is 0 Å². The highest BCUT2D eigenvalue weighted by molar-refractivity contribution is 7.99. The second kappa shape index (κ2) is 6.61. The van der Waals surface area contributed by atoms with Gasteiger partial charge in [-0.1, -0.05) is 19.1 Å². The van der Waals surface area contributed by atoms with Crippen LogP contribution in [0.1, 0.15) is 32.1 Å². The van der Waals surface area contributed by atoms with Gasteiger partial charge in [-0.2, -0.15) is 11.8 Å². The lowest BCUT2D eigenvalue weighted by atomic mass is 10.3. The van der Waals surface area contributed by atoms with E-state index in [1.54, 1.807) is 11.8 Å². The van der Waals surface area contributed by atoms with E-state index in [1.807, 2.05) is 31.2 Å². The second-order valence-corrected chi connectivity index (χ2v) is 5.59. The number of carbonyl (C=O) groups is 1. The van der Waals surface area contributed by atoms with Crippen LogP contribution in [0.4, 0.5) is 0 Å². The molecule has 4 nitrogen and oxygen atoms in total. The number of aromatic nitrogens is 2. The summed E-state index contributed by atoms with van der Waals surface area (Å²) in [7, 11) is 0. The normalized spacial score (nSPS) is 12.5. The van der Waals surface area contributed by atoms with Crippen molar-refractivity contribution in [3.63, 3.8) is 0 Å². The quantitative estimate of drug-likeness (QED) is 0.798. The number of fused-ring (bicyclic) bond motifs is 1. The average Bonchev–Trinajstić information content (AvgIpc) is 2.83. The van der Waals surface area contributed by atoms with E-state index < -0.39 is 0 Å². The topological polar surface area (TPSA) is 57.8 Å². The van der Waals surface area contributed by atoms with Crippen LogP contribution in [-0.2, 0) is 4.79 Å². The summed E-state index contributed by atoms with van der Waals surface area (Å²) < 4.78 is 0. The number of nitrogens with one attached hydrogen (secondary N) is 2. The van der Waals surface area contributed by atoms with Gasteiger partial charge in [0.2, 0.25) is 5.91 Å². The summed E-state index contributed by atoms with van der Waals surface area (Å²) in [5.74, 6) is 2.40. The lowest BCUT2D eigenvalue weighted by Gasteiger charge is -2.10. The Morgan fingerprint density at radius 2 is 2.26 bits per heavy atom. The van der Waals surface area contributed by atoms with Gasteiger partial charge in [-0.15, -0.1) is 0 Å². The predicted octanol–water partition coefficient (Wildman–Crippen LogP) is 2.88. The minimum atomic E-state index is -0.0953. The fourth-order valence-electron chi connectivity index (χ4n) is 1.84. The fraction of sp³-hybridized carbons (Fsp3) is 0.429. The molecule has 19 heavy (non-hydrogen) atoms. The molecule has 5 heteroatoms. The smallest absolute Gasteiger partial charge is 0.230 e. The number of carbonyl (C=O) groups excluding carboxylic acids is 1. The summed E-state index contributed by atoms with van der Waals surface area (Å²) in [5, 5.41) is 2.96. The zero-order chi connectivity index (χ0) is 13.7. The highest BCUT2D eigenvalue weighted by Crippen LogP contribution is 2.15. The number of thioether (sulfide) groups is 1. The first-order valence-electron chi connectivity index (χ1n) is 6.52.